The van der Waals surface area contributed by atoms with Crippen molar-refractivity contribution in [3.8, 4) is 0 Å². The zero-order chi connectivity index (χ0) is 22.7. The van der Waals surface area contributed by atoms with Gasteiger partial charge in [0.25, 0.3) is 5.91 Å². The van der Waals surface area contributed by atoms with Gasteiger partial charge in [0.2, 0.25) is 10.0 Å². The molecule has 0 saturated carbocycles. The number of carbonyl (C=O) groups is 2. The van der Waals surface area contributed by atoms with E-state index in [1.165, 1.54) is 15.6 Å². The summed E-state index contributed by atoms with van der Waals surface area (Å²) in [6.07, 6.45) is 1.06. The van der Waals surface area contributed by atoms with Crippen molar-refractivity contribution in [2.45, 2.75) is 52.4 Å². The van der Waals surface area contributed by atoms with E-state index in [0.29, 0.717) is 34.6 Å². The molecular weight excluding hydrogens is 436 g/mol. The van der Waals surface area contributed by atoms with E-state index in [9.17, 15) is 18.0 Å². The van der Waals surface area contributed by atoms with E-state index in [1.54, 1.807) is 17.9 Å². The number of aryl methyl sites for hydroxylation is 2. The summed E-state index contributed by atoms with van der Waals surface area (Å²) in [5.41, 5.74) is 0.958. The third kappa shape index (κ3) is 3.87. The Morgan fingerprint density at radius 3 is 2.32 bits per heavy atom. The van der Waals surface area contributed by atoms with Gasteiger partial charge in [-0.1, -0.05) is 13.8 Å². The van der Waals surface area contributed by atoms with Crippen molar-refractivity contribution in [1.29, 1.82) is 0 Å². The third-order valence-electron chi connectivity index (χ3n) is 6.11. The van der Waals surface area contributed by atoms with Crippen molar-refractivity contribution in [2.24, 2.45) is 5.41 Å². The highest BCUT2D eigenvalue weighted by atomic mass is 32.2. The molecule has 1 aliphatic heterocycles. The minimum atomic E-state index is -3.58. The molecule has 0 radical (unpaired) electrons. The topological polar surface area (TPSA) is 87.9 Å². The summed E-state index contributed by atoms with van der Waals surface area (Å²) < 4.78 is 33.4. The second-order valence-corrected chi connectivity index (χ2v) is 12.6. The quantitative estimate of drug-likeness (QED) is 0.693. The predicted molar refractivity (Wildman–Crippen MR) is 118 cm³/mol. The summed E-state index contributed by atoms with van der Waals surface area (Å²) in [5, 5.41) is 0. The van der Waals surface area contributed by atoms with E-state index in [4.69, 9.17) is 4.42 Å². The van der Waals surface area contributed by atoms with Crippen molar-refractivity contribution in [3.63, 3.8) is 0 Å². The predicted octanol–water partition coefficient (Wildman–Crippen LogP) is 3.57. The Balaban J connectivity index is 1.51. The Bertz CT molecular complexity index is 1160. The van der Waals surface area contributed by atoms with Crippen LogP contribution >= 0.6 is 11.3 Å². The van der Waals surface area contributed by atoms with Gasteiger partial charge in [-0.05, 0) is 32.3 Å². The van der Waals surface area contributed by atoms with Crippen LogP contribution in [0, 0.1) is 26.2 Å². The van der Waals surface area contributed by atoms with E-state index in [0.717, 1.165) is 9.75 Å². The van der Waals surface area contributed by atoms with Crippen LogP contribution in [0.5, 0.6) is 0 Å². The number of hydrogen-bond donors (Lipinski definition) is 0. The van der Waals surface area contributed by atoms with E-state index < -0.39 is 10.0 Å². The number of furan rings is 1. The van der Waals surface area contributed by atoms with E-state index in [2.05, 4.69) is 0 Å². The first-order valence-electron chi connectivity index (χ1n) is 10.4. The van der Waals surface area contributed by atoms with E-state index >= 15 is 0 Å². The fourth-order valence-electron chi connectivity index (χ4n) is 4.56. The Hall–Kier alpha value is -1.97. The molecule has 7 nitrogen and oxygen atoms in total. The lowest BCUT2D eigenvalue weighted by Crippen LogP contribution is -2.50. The van der Waals surface area contributed by atoms with Crippen LogP contribution in [-0.2, 0) is 16.4 Å². The summed E-state index contributed by atoms with van der Waals surface area (Å²) in [6.45, 7) is 10.5. The minimum absolute atomic E-state index is 0.0175. The molecule has 0 unspecified atom stereocenters. The van der Waals surface area contributed by atoms with Crippen LogP contribution in [0.15, 0.2) is 15.4 Å². The number of ketones is 1. The van der Waals surface area contributed by atoms with Crippen molar-refractivity contribution in [1.82, 2.24) is 9.21 Å². The fourth-order valence-corrected chi connectivity index (χ4v) is 7.51. The maximum Gasteiger partial charge on any atom is 0.289 e. The molecule has 1 saturated heterocycles. The lowest BCUT2D eigenvalue weighted by molar-refractivity contribution is 0.0660. The standard InChI is InChI=1S/C22H28N2O5S2/c1-13-10-18(15(3)30-13)31(27,28)24-8-6-23(7-9-24)21(26)20-14(2)19-16(25)11-22(4,5)12-17(19)29-20/h10H,6-9,11-12H2,1-5H3. The molecule has 0 spiro atoms. The highest BCUT2D eigenvalue weighted by molar-refractivity contribution is 7.89. The minimum Gasteiger partial charge on any atom is -0.455 e. The summed E-state index contributed by atoms with van der Waals surface area (Å²) in [4.78, 5) is 29.4. The number of hydrogen-bond acceptors (Lipinski definition) is 6. The Labute approximate surface area is 187 Å². The molecule has 1 aliphatic carbocycles. The highest BCUT2D eigenvalue weighted by Crippen LogP contribution is 2.38. The number of carbonyl (C=O) groups excluding carboxylic acids is 2. The average Bonchev–Trinajstić information content (AvgIpc) is 3.19. The summed E-state index contributed by atoms with van der Waals surface area (Å²) >= 11 is 1.47. The molecule has 2 aliphatic rings. The number of amides is 1. The number of fused-ring (bicyclic) bond motifs is 1. The lowest BCUT2D eigenvalue weighted by Gasteiger charge is -2.33. The Morgan fingerprint density at radius 1 is 1.10 bits per heavy atom. The van der Waals surface area contributed by atoms with Crippen LogP contribution in [0.4, 0.5) is 0 Å². The van der Waals surface area contributed by atoms with Gasteiger partial charge in [0.15, 0.2) is 11.5 Å². The Morgan fingerprint density at radius 2 is 1.74 bits per heavy atom. The van der Waals surface area contributed by atoms with Crippen molar-refractivity contribution in [2.75, 3.05) is 26.2 Å². The third-order valence-corrected chi connectivity index (χ3v) is 9.23. The molecule has 2 aromatic rings. The number of piperazine rings is 1. The van der Waals surface area contributed by atoms with Crippen LogP contribution in [-0.4, -0.2) is 55.5 Å². The van der Waals surface area contributed by atoms with Crippen molar-refractivity contribution >= 4 is 33.1 Å². The summed E-state index contributed by atoms with van der Waals surface area (Å²) in [6, 6.07) is 1.71. The maximum absolute atomic E-state index is 13.1. The first-order valence-corrected chi connectivity index (χ1v) is 12.7. The first kappa shape index (κ1) is 22.2. The molecule has 2 aromatic heterocycles. The van der Waals surface area contributed by atoms with Crippen LogP contribution in [0.3, 0.4) is 0 Å². The fraction of sp³-hybridized carbons (Fsp3) is 0.545. The van der Waals surface area contributed by atoms with Gasteiger partial charge in [-0.3, -0.25) is 9.59 Å². The van der Waals surface area contributed by atoms with Gasteiger partial charge in [0.1, 0.15) is 5.76 Å². The zero-order valence-corrected chi connectivity index (χ0v) is 20.2. The number of nitrogens with zero attached hydrogens (tertiary/aromatic N) is 2. The molecule has 1 amide bonds. The maximum atomic E-state index is 13.1. The normalized spacial score (nSPS) is 19.5. The van der Waals surface area contributed by atoms with Crippen LogP contribution in [0.2, 0.25) is 0 Å². The molecule has 4 rings (SSSR count). The molecule has 0 aromatic carbocycles. The van der Waals surface area contributed by atoms with Gasteiger partial charge < -0.3 is 9.32 Å². The number of Topliss-reactive ketones (excluding diaryl/α,β-unsaturated/α-hetero) is 1. The second-order valence-electron chi connectivity index (χ2n) is 9.27. The molecule has 3 heterocycles. The van der Waals surface area contributed by atoms with Gasteiger partial charge in [-0.15, -0.1) is 11.3 Å². The molecule has 168 valence electrons. The number of sulfonamides is 1. The zero-order valence-electron chi connectivity index (χ0n) is 18.6. The molecule has 0 atom stereocenters. The number of rotatable bonds is 3. The first-order chi connectivity index (χ1) is 14.4. The molecule has 1 fully saturated rings. The molecule has 31 heavy (non-hydrogen) atoms. The number of thiophene rings is 1. The second kappa shape index (κ2) is 7.56. The van der Waals surface area contributed by atoms with E-state index in [1.807, 2.05) is 27.7 Å². The molecule has 0 N–H and O–H groups in total. The van der Waals surface area contributed by atoms with E-state index in [-0.39, 0.29) is 49.0 Å². The summed E-state index contributed by atoms with van der Waals surface area (Å²) in [5.74, 6) is 0.532. The van der Waals surface area contributed by atoms with Gasteiger partial charge in [0, 0.05) is 54.3 Å². The lowest BCUT2D eigenvalue weighted by atomic mass is 9.76. The van der Waals surface area contributed by atoms with Gasteiger partial charge in [0.05, 0.1) is 10.5 Å². The van der Waals surface area contributed by atoms with Crippen LogP contribution < -0.4 is 0 Å². The smallest absolute Gasteiger partial charge is 0.289 e. The van der Waals surface area contributed by atoms with Crippen LogP contribution in [0.1, 0.15) is 62.3 Å². The van der Waals surface area contributed by atoms with Crippen LogP contribution in [0.25, 0.3) is 0 Å². The average molecular weight is 465 g/mol. The van der Waals surface area contributed by atoms with Gasteiger partial charge in [-0.25, -0.2) is 8.42 Å². The largest absolute Gasteiger partial charge is 0.455 e. The molecular formula is C22H28N2O5S2. The van der Waals surface area contributed by atoms with Gasteiger partial charge >= 0.3 is 0 Å². The van der Waals surface area contributed by atoms with Crippen molar-refractivity contribution in [3.05, 3.63) is 38.5 Å². The van der Waals surface area contributed by atoms with Crippen molar-refractivity contribution < 1.29 is 22.4 Å². The highest BCUT2D eigenvalue weighted by Gasteiger charge is 2.39. The Kier molecular flexibility index (Phi) is 5.43. The summed E-state index contributed by atoms with van der Waals surface area (Å²) in [7, 11) is -3.58. The monoisotopic (exact) mass is 464 g/mol. The van der Waals surface area contributed by atoms with Gasteiger partial charge in [-0.2, -0.15) is 4.31 Å². The SMILES string of the molecule is Cc1cc(S(=O)(=O)N2CCN(C(=O)c3oc4c(c3C)C(=O)CC(C)(C)C4)CC2)c(C)s1. The molecule has 9 heteroatoms. The molecule has 0 bridgehead atoms.